The first-order valence-electron chi connectivity index (χ1n) is 8.85. The summed E-state index contributed by atoms with van der Waals surface area (Å²) in [5.74, 6) is 0.0708. The Balaban J connectivity index is 1.65. The highest BCUT2D eigenvalue weighted by atomic mass is 16.3. The summed E-state index contributed by atoms with van der Waals surface area (Å²) < 4.78 is 0. The molecule has 4 rings (SSSR count). The molecular weight excluding hydrogens is 342 g/mol. The number of carbonyl (C=O) groups is 2. The minimum atomic E-state index is -0.514. The maximum Gasteiger partial charge on any atom is 0.322 e. The lowest BCUT2D eigenvalue weighted by Gasteiger charge is -2.31. The Bertz CT molecular complexity index is 932. The maximum absolute atomic E-state index is 13.2. The third-order valence-corrected chi connectivity index (χ3v) is 5.16. The second kappa shape index (κ2) is 6.46. The summed E-state index contributed by atoms with van der Waals surface area (Å²) in [7, 11) is 1.68. The number of carbonyl (C=O) groups excluding carboxylic acids is 2. The van der Waals surface area contributed by atoms with Crippen molar-refractivity contribution in [2.24, 2.45) is 0 Å². The van der Waals surface area contributed by atoms with Gasteiger partial charge in [-0.3, -0.25) is 9.69 Å². The minimum Gasteiger partial charge on any atom is -0.508 e. The first-order valence-corrected chi connectivity index (χ1v) is 8.85. The number of likely N-dealkylation sites (N-methyl/N-ethyl adjacent to an activating group) is 1. The van der Waals surface area contributed by atoms with Crippen LogP contribution in [-0.4, -0.2) is 40.4 Å². The van der Waals surface area contributed by atoms with Gasteiger partial charge in [-0.15, -0.1) is 0 Å². The van der Waals surface area contributed by atoms with E-state index < -0.39 is 6.04 Å². The number of phenolic OH excluding ortho intramolecular Hbond substituents is 1. The molecule has 0 bridgehead atoms. The van der Waals surface area contributed by atoms with Crippen molar-refractivity contribution in [1.29, 1.82) is 0 Å². The fraction of sp³-hybridized carbons (Fsp3) is 0.238. The number of nitrogens with one attached hydrogen (secondary N) is 1. The van der Waals surface area contributed by atoms with Gasteiger partial charge in [0.25, 0.3) is 5.91 Å². The quantitative estimate of drug-likeness (QED) is 0.881. The van der Waals surface area contributed by atoms with Gasteiger partial charge in [0.15, 0.2) is 0 Å². The predicted octanol–water partition coefficient (Wildman–Crippen LogP) is 2.69. The lowest BCUT2D eigenvalue weighted by Crippen LogP contribution is -2.45. The molecule has 0 saturated heterocycles. The summed E-state index contributed by atoms with van der Waals surface area (Å²) in [6, 6.07) is 13.9. The Morgan fingerprint density at radius 2 is 1.74 bits per heavy atom. The molecule has 2 N–H and O–H groups in total. The van der Waals surface area contributed by atoms with Gasteiger partial charge in [-0.05, 0) is 30.2 Å². The van der Waals surface area contributed by atoms with Crippen molar-refractivity contribution in [3.8, 4) is 5.75 Å². The Labute approximate surface area is 157 Å². The molecule has 3 amide bonds. The van der Waals surface area contributed by atoms with Gasteiger partial charge in [0.1, 0.15) is 5.75 Å². The van der Waals surface area contributed by atoms with Crippen molar-refractivity contribution in [2.45, 2.75) is 19.5 Å². The van der Waals surface area contributed by atoms with E-state index in [0.717, 1.165) is 16.8 Å². The van der Waals surface area contributed by atoms with Gasteiger partial charge >= 0.3 is 6.03 Å². The molecule has 2 heterocycles. The average molecular weight is 363 g/mol. The van der Waals surface area contributed by atoms with E-state index in [0.29, 0.717) is 18.7 Å². The molecule has 138 valence electrons. The normalized spacial score (nSPS) is 19.4. The number of aryl methyl sites for hydroxylation is 1. The van der Waals surface area contributed by atoms with Gasteiger partial charge in [-0.25, -0.2) is 4.79 Å². The molecule has 6 heteroatoms. The van der Waals surface area contributed by atoms with Crippen LogP contribution in [0.5, 0.6) is 5.75 Å². The van der Waals surface area contributed by atoms with Crippen molar-refractivity contribution >= 4 is 11.9 Å². The summed E-state index contributed by atoms with van der Waals surface area (Å²) >= 11 is 0. The number of aromatic hydroxyl groups is 1. The van der Waals surface area contributed by atoms with Crippen molar-refractivity contribution in [2.75, 3.05) is 13.6 Å². The number of hydrogen-bond acceptors (Lipinski definition) is 3. The largest absolute Gasteiger partial charge is 0.508 e. The molecule has 0 spiro atoms. The molecule has 0 aliphatic carbocycles. The van der Waals surface area contributed by atoms with E-state index in [-0.39, 0.29) is 17.7 Å². The number of hydrogen-bond donors (Lipinski definition) is 2. The molecule has 6 nitrogen and oxygen atoms in total. The molecule has 0 radical (unpaired) electrons. The summed E-state index contributed by atoms with van der Waals surface area (Å²) in [6.45, 7) is 2.93. The average Bonchev–Trinajstić information content (AvgIpc) is 2.98. The zero-order valence-corrected chi connectivity index (χ0v) is 15.3. The van der Waals surface area contributed by atoms with E-state index in [2.05, 4.69) is 5.32 Å². The number of amides is 3. The molecule has 2 aromatic carbocycles. The third kappa shape index (κ3) is 3.03. The van der Waals surface area contributed by atoms with Gasteiger partial charge < -0.3 is 15.3 Å². The second-order valence-corrected chi connectivity index (χ2v) is 7.04. The maximum atomic E-state index is 13.2. The van der Waals surface area contributed by atoms with E-state index >= 15 is 0 Å². The summed E-state index contributed by atoms with van der Waals surface area (Å²) in [4.78, 5) is 28.8. The lowest BCUT2D eigenvalue weighted by atomic mass is 9.95. The van der Waals surface area contributed by atoms with Crippen LogP contribution in [-0.2, 0) is 11.3 Å². The highest BCUT2D eigenvalue weighted by molar-refractivity contribution is 6.01. The van der Waals surface area contributed by atoms with Crippen LogP contribution in [0.4, 0.5) is 4.79 Å². The monoisotopic (exact) mass is 363 g/mol. The first-order chi connectivity index (χ1) is 12.9. The zero-order valence-electron chi connectivity index (χ0n) is 15.3. The Morgan fingerprint density at radius 3 is 2.41 bits per heavy atom. The van der Waals surface area contributed by atoms with Crippen LogP contribution in [0.3, 0.4) is 0 Å². The minimum absolute atomic E-state index is 0.0736. The third-order valence-electron chi connectivity index (χ3n) is 5.16. The van der Waals surface area contributed by atoms with E-state index in [4.69, 9.17) is 0 Å². The molecular formula is C21H21N3O3. The molecule has 0 unspecified atom stereocenters. The van der Waals surface area contributed by atoms with E-state index in [1.807, 2.05) is 31.2 Å². The van der Waals surface area contributed by atoms with Crippen LogP contribution in [0, 0.1) is 6.92 Å². The van der Waals surface area contributed by atoms with Crippen molar-refractivity contribution in [3.63, 3.8) is 0 Å². The standard InChI is InChI=1S/C21H21N3O3/c1-13-3-5-14(6-4-13)11-24-12-17-18(20(24)26)19(22-21(27)23(17)2)15-7-9-16(25)10-8-15/h3-10,19,25H,11-12H2,1-2H3,(H,22,27)/t19-/m0/s1. The van der Waals surface area contributed by atoms with Gasteiger partial charge in [-0.1, -0.05) is 42.0 Å². The van der Waals surface area contributed by atoms with E-state index in [1.165, 1.54) is 10.5 Å². The van der Waals surface area contributed by atoms with Crippen LogP contribution in [0.15, 0.2) is 59.8 Å². The SMILES string of the molecule is Cc1ccc(CN2CC3=C(C2=O)[C@H](c2ccc(O)cc2)NC(=O)N3C)cc1. The van der Waals surface area contributed by atoms with Crippen molar-refractivity contribution in [1.82, 2.24) is 15.1 Å². The number of rotatable bonds is 3. The fourth-order valence-electron chi connectivity index (χ4n) is 3.58. The summed E-state index contributed by atoms with van der Waals surface area (Å²) in [6.07, 6.45) is 0. The van der Waals surface area contributed by atoms with Crippen LogP contribution >= 0.6 is 0 Å². The first kappa shape index (κ1) is 17.1. The lowest BCUT2D eigenvalue weighted by molar-refractivity contribution is -0.126. The van der Waals surface area contributed by atoms with E-state index in [9.17, 15) is 14.7 Å². The van der Waals surface area contributed by atoms with Crippen molar-refractivity contribution < 1.29 is 14.7 Å². The van der Waals surface area contributed by atoms with Gasteiger partial charge in [0, 0.05) is 13.6 Å². The van der Waals surface area contributed by atoms with Gasteiger partial charge in [0.05, 0.1) is 23.9 Å². The molecule has 0 aromatic heterocycles. The molecule has 2 aliphatic rings. The molecule has 0 saturated carbocycles. The topological polar surface area (TPSA) is 72.9 Å². The Hall–Kier alpha value is -3.28. The van der Waals surface area contributed by atoms with Crippen LogP contribution in [0.25, 0.3) is 0 Å². The summed E-state index contributed by atoms with van der Waals surface area (Å²) in [5.41, 5.74) is 4.32. The van der Waals surface area contributed by atoms with Crippen LogP contribution in [0.1, 0.15) is 22.7 Å². The molecule has 27 heavy (non-hydrogen) atoms. The Morgan fingerprint density at radius 1 is 1.07 bits per heavy atom. The number of nitrogens with zero attached hydrogens (tertiary/aromatic N) is 2. The highest BCUT2D eigenvalue weighted by Crippen LogP contribution is 2.36. The second-order valence-electron chi connectivity index (χ2n) is 7.04. The zero-order chi connectivity index (χ0) is 19.1. The molecule has 0 fully saturated rings. The molecule has 1 atom stereocenters. The van der Waals surface area contributed by atoms with E-state index in [1.54, 1.807) is 36.2 Å². The number of phenols is 1. The smallest absolute Gasteiger partial charge is 0.322 e. The summed E-state index contributed by atoms with van der Waals surface area (Å²) in [5, 5.41) is 12.4. The number of benzene rings is 2. The highest BCUT2D eigenvalue weighted by Gasteiger charge is 2.42. The van der Waals surface area contributed by atoms with Gasteiger partial charge in [-0.2, -0.15) is 0 Å². The predicted molar refractivity (Wildman–Crippen MR) is 101 cm³/mol. The molecule has 2 aromatic rings. The Kier molecular flexibility index (Phi) is 4.11. The van der Waals surface area contributed by atoms with Crippen LogP contribution in [0.2, 0.25) is 0 Å². The number of urea groups is 1. The molecule has 2 aliphatic heterocycles. The van der Waals surface area contributed by atoms with Crippen LogP contribution < -0.4 is 5.32 Å². The fourth-order valence-corrected chi connectivity index (χ4v) is 3.58. The van der Waals surface area contributed by atoms with Gasteiger partial charge in [0.2, 0.25) is 0 Å². The van der Waals surface area contributed by atoms with Crippen molar-refractivity contribution in [3.05, 3.63) is 76.5 Å².